The molecule has 0 fully saturated rings. The van der Waals surface area contributed by atoms with Crippen LogP contribution in [0.2, 0.25) is 0 Å². The van der Waals surface area contributed by atoms with Crippen molar-refractivity contribution in [2.75, 3.05) is 0 Å². The highest BCUT2D eigenvalue weighted by Gasteiger charge is 2.33. The first kappa shape index (κ1) is 15.3. The molecule has 0 aliphatic rings. The van der Waals surface area contributed by atoms with Crippen LogP contribution in [0.1, 0.15) is 16.8 Å². The van der Waals surface area contributed by atoms with E-state index in [1.165, 1.54) is 30.3 Å². The number of benzene rings is 1. The summed E-state index contributed by atoms with van der Waals surface area (Å²) in [6.07, 6.45) is 0. The summed E-state index contributed by atoms with van der Waals surface area (Å²) < 4.78 is 29.6. The van der Waals surface area contributed by atoms with E-state index in [1.807, 2.05) is 0 Å². The number of halogens is 2. The van der Waals surface area contributed by atoms with Crippen molar-refractivity contribution in [2.24, 2.45) is 5.73 Å². The molecular weight excluding hydrogens is 294 g/mol. The van der Waals surface area contributed by atoms with E-state index in [-0.39, 0.29) is 16.1 Å². The van der Waals surface area contributed by atoms with Gasteiger partial charge in [0.2, 0.25) is 0 Å². The Hall–Kier alpha value is -2.08. The van der Waals surface area contributed by atoms with Crippen molar-refractivity contribution in [3.8, 4) is 0 Å². The number of nitrogens with two attached hydrogens (primary N) is 1. The largest absolute Gasteiger partial charge is 0.389 e. The summed E-state index contributed by atoms with van der Waals surface area (Å²) in [6, 6.07) is 10.4. The van der Waals surface area contributed by atoms with Crippen molar-refractivity contribution in [1.29, 1.82) is 0 Å². The van der Waals surface area contributed by atoms with Gasteiger partial charge in [0.1, 0.15) is 4.99 Å². The molecule has 2 aromatic rings. The van der Waals surface area contributed by atoms with E-state index in [1.54, 1.807) is 19.1 Å². The van der Waals surface area contributed by atoms with Crippen LogP contribution < -0.4 is 11.3 Å². The maximum absolute atomic E-state index is 14.3. The third-order valence-corrected chi connectivity index (χ3v) is 3.43. The second-order valence-corrected chi connectivity index (χ2v) is 5.15. The van der Waals surface area contributed by atoms with Gasteiger partial charge in [-0.15, -0.1) is 0 Å². The Morgan fingerprint density at radius 1 is 1.24 bits per heavy atom. The molecule has 0 saturated heterocycles. The second-order valence-electron chi connectivity index (χ2n) is 4.71. The molecule has 1 aromatic heterocycles. The number of aromatic nitrogens is 1. The van der Waals surface area contributed by atoms with E-state index < -0.39 is 18.0 Å². The molecular formula is C15H14F2N2OS. The van der Waals surface area contributed by atoms with E-state index in [9.17, 15) is 13.6 Å². The van der Waals surface area contributed by atoms with Crippen LogP contribution in [-0.2, 0) is 12.5 Å². The van der Waals surface area contributed by atoms with Gasteiger partial charge in [-0.2, -0.15) is 8.78 Å². The molecule has 3 nitrogen and oxygen atoms in total. The van der Waals surface area contributed by atoms with Crippen molar-refractivity contribution in [1.82, 2.24) is 4.57 Å². The van der Waals surface area contributed by atoms with E-state index in [4.69, 9.17) is 18.0 Å². The SMILES string of the molecule is Cc1ccc(C(N)=S)c(=O)n1CC(F)(F)c1ccccc1. The number of thiocarbonyl (C=S) groups is 1. The molecule has 0 amide bonds. The van der Waals surface area contributed by atoms with Crippen LogP contribution in [0.3, 0.4) is 0 Å². The first-order valence-electron chi connectivity index (χ1n) is 6.26. The number of hydrogen-bond donors (Lipinski definition) is 1. The molecule has 0 unspecified atom stereocenters. The fourth-order valence-electron chi connectivity index (χ4n) is 2.03. The number of alkyl halides is 2. The molecule has 0 spiro atoms. The molecule has 2 N–H and O–H groups in total. The molecule has 110 valence electrons. The standard InChI is InChI=1S/C15H14F2N2OS/c1-10-7-8-12(13(18)21)14(20)19(10)9-15(16,17)11-5-3-2-4-6-11/h2-8H,9H2,1H3,(H2,18,21). The van der Waals surface area contributed by atoms with Crippen molar-refractivity contribution in [3.05, 3.63) is 69.6 Å². The molecule has 0 aliphatic carbocycles. The highest BCUT2D eigenvalue weighted by atomic mass is 32.1. The van der Waals surface area contributed by atoms with Crippen molar-refractivity contribution >= 4 is 17.2 Å². The Morgan fingerprint density at radius 2 is 1.86 bits per heavy atom. The predicted molar refractivity (Wildman–Crippen MR) is 81.7 cm³/mol. The van der Waals surface area contributed by atoms with E-state index >= 15 is 0 Å². The number of nitrogens with zero attached hydrogens (tertiary/aromatic N) is 1. The first-order valence-corrected chi connectivity index (χ1v) is 6.67. The molecule has 1 aromatic carbocycles. The second kappa shape index (κ2) is 5.73. The van der Waals surface area contributed by atoms with Gasteiger partial charge in [-0.3, -0.25) is 4.79 Å². The quantitative estimate of drug-likeness (QED) is 0.883. The molecule has 0 atom stereocenters. The van der Waals surface area contributed by atoms with Gasteiger partial charge in [0.05, 0.1) is 12.1 Å². The summed E-state index contributed by atoms with van der Waals surface area (Å²) in [5.74, 6) is -3.16. The maximum atomic E-state index is 14.3. The van der Waals surface area contributed by atoms with Crippen molar-refractivity contribution < 1.29 is 8.78 Å². The fourth-order valence-corrected chi connectivity index (χ4v) is 2.18. The van der Waals surface area contributed by atoms with Crippen molar-refractivity contribution in [2.45, 2.75) is 19.4 Å². The van der Waals surface area contributed by atoms with Gasteiger partial charge in [-0.25, -0.2) is 0 Å². The first-order chi connectivity index (χ1) is 9.83. The molecule has 21 heavy (non-hydrogen) atoms. The molecule has 0 saturated carbocycles. The molecule has 0 bridgehead atoms. The third-order valence-electron chi connectivity index (χ3n) is 3.21. The molecule has 0 radical (unpaired) electrons. The van der Waals surface area contributed by atoms with Gasteiger partial charge >= 0.3 is 0 Å². The Bertz CT molecular complexity index is 726. The molecule has 6 heteroatoms. The van der Waals surface area contributed by atoms with Crippen LogP contribution in [0, 0.1) is 6.92 Å². The average molecular weight is 308 g/mol. The number of pyridine rings is 1. The minimum Gasteiger partial charge on any atom is -0.389 e. The third kappa shape index (κ3) is 3.16. The lowest BCUT2D eigenvalue weighted by Gasteiger charge is -2.20. The normalized spacial score (nSPS) is 11.4. The Kier molecular flexibility index (Phi) is 4.18. The highest BCUT2D eigenvalue weighted by molar-refractivity contribution is 7.80. The fraction of sp³-hybridized carbons (Fsp3) is 0.200. The van der Waals surface area contributed by atoms with E-state index in [0.29, 0.717) is 5.69 Å². The molecule has 2 rings (SSSR count). The van der Waals surface area contributed by atoms with Gasteiger partial charge in [0.15, 0.2) is 0 Å². The predicted octanol–water partition coefficient (Wildman–Crippen LogP) is 2.58. The lowest BCUT2D eigenvalue weighted by Crippen LogP contribution is -2.35. The van der Waals surface area contributed by atoms with Crippen LogP contribution in [0.5, 0.6) is 0 Å². The lowest BCUT2D eigenvalue weighted by atomic mass is 10.1. The zero-order valence-electron chi connectivity index (χ0n) is 11.3. The Labute approximate surface area is 126 Å². The average Bonchev–Trinajstić information content (AvgIpc) is 2.44. The molecule has 0 aliphatic heterocycles. The number of aryl methyl sites for hydroxylation is 1. The number of hydrogen-bond acceptors (Lipinski definition) is 2. The van der Waals surface area contributed by atoms with Gasteiger partial charge in [0, 0.05) is 11.3 Å². The highest BCUT2D eigenvalue weighted by Crippen LogP contribution is 2.29. The van der Waals surface area contributed by atoms with Gasteiger partial charge < -0.3 is 10.3 Å². The molecule has 1 heterocycles. The Morgan fingerprint density at radius 3 is 2.43 bits per heavy atom. The van der Waals surface area contributed by atoms with E-state index in [0.717, 1.165) is 4.57 Å². The van der Waals surface area contributed by atoms with E-state index in [2.05, 4.69) is 0 Å². The van der Waals surface area contributed by atoms with Crippen LogP contribution >= 0.6 is 12.2 Å². The number of rotatable bonds is 4. The summed E-state index contributed by atoms with van der Waals surface area (Å²) in [6.45, 7) is 0.837. The van der Waals surface area contributed by atoms with Crippen LogP contribution in [0.4, 0.5) is 8.78 Å². The summed E-state index contributed by atoms with van der Waals surface area (Å²) in [7, 11) is 0. The minimum absolute atomic E-state index is 0.0689. The summed E-state index contributed by atoms with van der Waals surface area (Å²) in [4.78, 5) is 12.1. The monoisotopic (exact) mass is 308 g/mol. The zero-order valence-corrected chi connectivity index (χ0v) is 12.2. The van der Waals surface area contributed by atoms with Crippen molar-refractivity contribution in [3.63, 3.8) is 0 Å². The lowest BCUT2D eigenvalue weighted by molar-refractivity contribution is -0.0236. The zero-order chi connectivity index (χ0) is 15.6. The van der Waals surface area contributed by atoms with Crippen LogP contribution in [-0.4, -0.2) is 9.56 Å². The summed E-state index contributed by atoms with van der Waals surface area (Å²) >= 11 is 4.76. The summed E-state index contributed by atoms with van der Waals surface area (Å²) in [5.41, 5.74) is 5.19. The Balaban J connectivity index is 2.47. The smallest absolute Gasteiger partial charge is 0.290 e. The topological polar surface area (TPSA) is 48.0 Å². The van der Waals surface area contributed by atoms with Crippen LogP contribution in [0.15, 0.2) is 47.3 Å². The van der Waals surface area contributed by atoms with Gasteiger partial charge in [0.25, 0.3) is 11.5 Å². The maximum Gasteiger partial charge on any atom is 0.290 e. The van der Waals surface area contributed by atoms with Gasteiger partial charge in [-0.05, 0) is 19.1 Å². The summed E-state index contributed by atoms with van der Waals surface area (Å²) in [5, 5.41) is 0. The minimum atomic E-state index is -3.16. The van der Waals surface area contributed by atoms with Crippen LogP contribution in [0.25, 0.3) is 0 Å². The van der Waals surface area contributed by atoms with Gasteiger partial charge in [-0.1, -0.05) is 42.5 Å².